The number of piperidine rings is 1. The molecule has 0 radical (unpaired) electrons. The molecule has 5 heteroatoms. The van der Waals surface area contributed by atoms with Crippen molar-refractivity contribution in [2.24, 2.45) is 11.8 Å². The number of anilines is 1. The highest BCUT2D eigenvalue weighted by molar-refractivity contribution is 7.15. The van der Waals surface area contributed by atoms with E-state index in [1.54, 1.807) is 11.3 Å². The van der Waals surface area contributed by atoms with Crippen molar-refractivity contribution in [3.63, 3.8) is 0 Å². The van der Waals surface area contributed by atoms with Crippen molar-refractivity contribution in [2.45, 2.75) is 51.5 Å². The van der Waals surface area contributed by atoms with Crippen LogP contribution in [0.4, 0.5) is 5.13 Å². The van der Waals surface area contributed by atoms with Crippen LogP contribution in [0.15, 0.2) is 0 Å². The van der Waals surface area contributed by atoms with Crippen LogP contribution in [-0.4, -0.2) is 47.3 Å². The zero-order valence-corrected chi connectivity index (χ0v) is 14.2. The van der Waals surface area contributed by atoms with Gasteiger partial charge in [0.05, 0.1) is 0 Å². The van der Waals surface area contributed by atoms with Crippen LogP contribution >= 0.6 is 11.3 Å². The molecule has 0 aromatic carbocycles. The van der Waals surface area contributed by atoms with Crippen molar-refractivity contribution >= 4 is 16.5 Å². The molecule has 4 nitrogen and oxygen atoms in total. The van der Waals surface area contributed by atoms with Gasteiger partial charge >= 0.3 is 0 Å². The van der Waals surface area contributed by atoms with Crippen LogP contribution < -0.4 is 4.90 Å². The topological polar surface area (TPSA) is 32.3 Å². The van der Waals surface area contributed by atoms with E-state index in [2.05, 4.69) is 40.8 Å². The number of hydrogen-bond acceptors (Lipinski definition) is 5. The summed E-state index contributed by atoms with van der Waals surface area (Å²) in [4.78, 5) is 5.27. The molecule has 3 fully saturated rings. The molecule has 3 aliphatic rings. The third kappa shape index (κ3) is 2.38. The van der Waals surface area contributed by atoms with Crippen LogP contribution in [0.5, 0.6) is 0 Å². The maximum Gasteiger partial charge on any atom is 0.208 e. The van der Waals surface area contributed by atoms with Crippen molar-refractivity contribution in [1.29, 1.82) is 0 Å². The molecule has 3 atom stereocenters. The van der Waals surface area contributed by atoms with E-state index < -0.39 is 0 Å². The second kappa shape index (κ2) is 4.92. The first kappa shape index (κ1) is 13.9. The maximum absolute atomic E-state index is 4.48. The smallest absolute Gasteiger partial charge is 0.208 e. The molecule has 3 saturated heterocycles. The van der Waals surface area contributed by atoms with Gasteiger partial charge in [-0.15, -0.1) is 10.2 Å². The monoisotopic (exact) mass is 306 g/mol. The summed E-state index contributed by atoms with van der Waals surface area (Å²) in [7, 11) is 0. The minimum absolute atomic E-state index is 0.117. The van der Waals surface area contributed by atoms with Gasteiger partial charge in [0.25, 0.3) is 0 Å². The van der Waals surface area contributed by atoms with E-state index in [-0.39, 0.29) is 5.41 Å². The van der Waals surface area contributed by atoms with E-state index in [0.29, 0.717) is 0 Å². The highest BCUT2D eigenvalue weighted by atomic mass is 32.1. The fourth-order valence-corrected chi connectivity index (χ4v) is 5.28. The lowest BCUT2D eigenvalue weighted by Gasteiger charge is -2.33. The fraction of sp³-hybridized carbons (Fsp3) is 0.875. The first-order valence-corrected chi connectivity index (χ1v) is 9.17. The zero-order valence-electron chi connectivity index (χ0n) is 13.4. The minimum Gasteiger partial charge on any atom is -0.346 e. The molecule has 0 saturated carbocycles. The van der Waals surface area contributed by atoms with E-state index in [1.807, 2.05) is 0 Å². The number of fused-ring (bicyclic) bond motifs is 3. The molecule has 0 amide bonds. The molecular weight excluding hydrogens is 280 g/mol. The third-order valence-corrected chi connectivity index (χ3v) is 6.86. The molecular formula is C16H26N4S. The zero-order chi connectivity index (χ0) is 14.6. The normalized spacial score (nSPS) is 33.3. The van der Waals surface area contributed by atoms with Gasteiger partial charge in [-0.3, -0.25) is 4.90 Å². The molecule has 1 aromatic rings. The molecule has 0 spiro atoms. The molecule has 0 bridgehead atoms. The van der Waals surface area contributed by atoms with Crippen LogP contribution in [0.3, 0.4) is 0 Å². The van der Waals surface area contributed by atoms with Gasteiger partial charge in [0.1, 0.15) is 5.01 Å². The van der Waals surface area contributed by atoms with Crippen molar-refractivity contribution in [2.75, 3.05) is 31.1 Å². The minimum atomic E-state index is 0.117. The summed E-state index contributed by atoms with van der Waals surface area (Å²) >= 11 is 1.80. The Balaban J connectivity index is 1.49. The van der Waals surface area contributed by atoms with Crippen LogP contribution in [0, 0.1) is 11.8 Å². The van der Waals surface area contributed by atoms with Gasteiger partial charge in [0.15, 0.2) is 0 Å². The summed E-state index contributed by atoms with van der Waals surface area (Å²) in [6.07, 6.45) is 4.25. The Morgan fingerprint density at radius 2 is 1.95 bits per heavy atom. The Hall–Kier alpha value is -0.680. The molecule has 4 rings (SSSR count). The highest BCUT2D eigenvalue weighted by Crippen LogP contribution is 2.42. The van der Waals surface area contributed by atoms with Crippen molar-refractivity contribution < 1.29 is 0 Å². The molecule has 3 aliphatic heterocycles. The van der Waals surface area contributed by atoms with Crippen LogP contribution in [0.1, 0.15) is 45.0 Å². The summed E-state index contributed by atoms with van der Waals surface area (Å²) in [5.41, 5.74) is 0.117. The average Bonchev–Trinajstić information content (AvgIpc) is 3.11. The van der Waals surface area contributed by atoms with Gasteiger partial charge in [0.2, 0.25) is 5.13 Å². The lowest BCUT2D eigenvalue weighted by atomic mass is 9.90. The second-order valence-corrected chi connectivity index (χ2v) is 8.98. The van der Waals surface area contributed by atoms with Crippen LogP contribution in [-0.2, 0) is 5.41 Å². The molecule has 0 N–H and O–H groups in total. The SMILES string of the molecule is CC(C)(C)c1nnc(N2C[C@@H]3CN4CCCC[C@H]4[C@@H]3C2)s1. The van der Waals surface area contributed by atoms with Crippen molar-refractivity contribution in [1.82, 2.24) is 15.1 Å². The Labute approximate surface area is 131 Å². The third-order valence-electron chi connectivity index (χ3n) is 5.45. The van der Waals surface area contributed by atoms with Crippen LogP contribution in [0.2, 0.25) is 0 Å². The van der Waals surface area contributed by atoms with Gasteiger partial charge < -0.3 is 4.90 Å². The Kier molecular flexibility index (Phi) is 3.26. The highest BCUT2D eigenvalue weighted by Gasteiger charge is 2.47. The largest absolute Gasteiger partial charge is 0.346 e. The number of aromatic nitrogens is 2. The second-order valence-electron chi connectivity index (χ2n) is 8.03. The Morgan fingerprint density at radius 3 is 2.71 bits per heavy atom. The van der Waals surface area contributed by atoms with E-state index in [0.717, 1.165) is 28.0 Å². The predicted octanol–water partition coefficient (Wildman–Crippen LogP) is 2.76. The summed E-state index contributed by atoms with van der Waals surface area (Å²) in [5.74, 6) is 1.72. The lowest BCUT2D eigenvalue weighted by molar-refractivity contribution is 0.173. The molecule has 4 heterocycles. The summed E-state index contributed by atoms with van der Waals surface area (Å²) in [5, 5.41) is 11.2. The van der Waals surface area contributed by atoms with Crippen LogP contribution in [0.25, 0.3) is 0 Å². The van der Waals surface area contributed by atoms with Gasteiger partial charge in [-0.25, -0.2) is 0 Å². The quantitative estimate of drug-likeness (QED) is 0.798. The summed E-state index contributed by atoms with van der Waals surface area (Å²) in [6, 6.07) is 0.851. The number of rotatable bonds is 1. The van der Waals surface area contributed by atoms with Gasteiger partial charge in [-0.2, -0.15) is 0 Å². The van der Waals surface area contributed by atoms with Gasteiger partial charge in [-0.05, 0) is 31.2 Å². The van der Waals surface area contributed by atoms with E-state index in [1.165, 1.54) is 45.4 Å². The fourth-order valence-electron chi connectivity index (χ4n) is 4.36. The Bertz CT molecular complexity index is 521. The summed E-state index contributed by atoms with van der Waals surface area (Å²) in [6.45, 7) is 11.7. The predicted molar refractivity (Wildman–Crippen MR) is 87.0 cm³/mol. The molecule has 0 aliphatic carbocycles. The summed E-state index contributed by atoms with van der Waals surface area (Å²) < 4.78 is 0. The number of nitrogens with zero attached hydrogens (tertiary/aromatic N) is 4. The lowest BCUT2D eigenvalue weighted by Crippen LogP contribution is -2.39. The maximum atomic E-state index is 4.48. The first-order valence-electron chi connectivity index (χ1n) is 8.35. The average molecular weight is 306 g/mol. The van der Waals surface area contributed by atoms with Crippen molar-refractivity contribution in [3.8, 4) is 0 Å². The molecule has 1 aromatic heterocycles. The molecule has 116 valence electrons. The molecule has 21 heavy (non-hydrogen) atoms. The van der Waals surface area contributed by atoms with E-state index in [4.69, 9.17) is 0 Å². The first-order chi connectivity index (χ1) is 10.0. The molecule has 0 unspecified atom stereocenters. The van der Waals surface area contributed by atoms with Gasteiger partial charge in [0, 0.05) is 31.1 Å². The Morgan fingerprint density at radius 1 is 1.10 bits per heavy atom. The van der Waals surface area contributed by atoms with Gasteiger partial charge in [-0.1, -0.05) is 38.5 Å². The van der Waals surface area contributed by atoms with E-state index >= 15 is 0 Å². The number of hydrogen-bond donors (Lipinski definition) is 0. The van der Waals surface area contributed by atoms with E-state index in [9.17, 15) is 0 Å². The van der Waals surface area contributed by atoms with Crippen molar-refractivity contribution in [3.05, 3.63) is 5.01 Å². The standard InChI is InChI=1S/C16H26N4S/c1-16(2,3)14-17-18-15(21-14)20-9-11-8-19-7-5-4-6-13(19)12(11)10-20/h11-13H,4-10H2,1-3H3/t11-,12+,13-/m0/s1.